The lowest BCUT2D eigenvalue weighted by Gasteiger charge is -2.38. The molecule has 0 unspecified atom stereocenters. The van der Waals surface area contributed by atoms with Crippen molar-refractivity contribution < 1.29 is 23.9 Å². The number of hydrogen-bond acceptors (Lipinski definition) is 5. The molecule has 0 bridgehead atoms. The van der Waals surface area contributed by atoms with Crippen molar-refractivity contribution in [2.24, 2.45) is 5.92 Å². The van der Waals surface area contributed by atoms with Crippen molar-refractivity contribution in [2.75, 3.05) is 49.2 Å². The molecule has 4 aliphatic heterocycles. The van der Waals surface area contributed by atoms with Crippen LogP contribution >= 0.6 is 0 Å². The van der Waals surface area contributed by atoms with Crippen LogP contribution in [0.2, 0.25) is 0 Å². The SMILES string of the molecule is CC(=O)N1CCc2cc(N3C[C@@H](C(=O)N4CCC5(CC4)OCCO5)CC3=O)ccc21. The van der Waals surface area contributed by atoms with Gasteiger partial charge in [0.2, 0.25) is 17.7 Å². The number of amides is 3. The summed E-state index contributed by atoms with van der Waals surface area (Å²) >= 11 is 0. The summed E-state index contributed by atoms with van der Waals surface area (Å²) < 4.78 is 11.5. The third kappa shape index (κ3) is 3.28. The summed E-state index contributed by atoms with van der Waals surface area (Å²) in [5, 5.41) is 0. The van der Waals surface area contributed by atoms with Crippen molar-refractivity contribution in [2.45, 2.75) is 38.4 Å². The number of benzene rings is 1. The fourth-order valence-electron chi connectivity index (χ4n) is 5.12. The van der Waals surface area contributed by atoms with E-state index in [1.54, 1.807) is 16.7 Å². The Morgan fingerprint density at radius 3 is 2.53 bits per heavy atom. The number of carbonyl (C=O) groups is 3. The van der Waals surface area contributed by atoms with Crippen LogP contribution in [0, 0.1) is 5.92 Å². The molecule has 1 aromatic rings. The molecular formula is C22H27N3O5. The molecule has 0 N–H and O–H groups in total. The number of fused-ring (bicyclic) bond motifs is 1. The summed E-state index contributed by atoms with van der Waals surface area (Å²) in [6.45, 7) is 5.08. The topological polar surface area (TPSA) is 79.4 Å². The Hall–Kier alpha value is -2.45. The molecule has 3 saturated heterocycles. The summed E-state index contributed by atoms with van der Waals surface area (Å²) in [5.41, 5.74) is 2.80. The number of anilines is 2. The molecule has 0 radical (unpaired) electrons. The zero-order chi connectivity index (χ0) is 20.9. The molecule has 3 fully saturated rings. The molecule has 30 heavy (non-hydrogen) atoms. The van der Waals surface area contributed by atoms with E-state index in [-0.39, 0.29) is 30.1 Å². The molecule has 4 aliphatic rings. The number of ether oxygens (including phenoxy) is 2. The van der Waals surface area contributed by atoms with Crippen molar-refractivity contribution in [3.05, 3.63) is 23.8 Å². The fourth-order valence-corrected chi connectivity index (χ4v) is 5.12. The van der Waals surface area contributed by atoms with Gasteiger partial charge in [-0.25, -0.2) is 0 Å². The summed E-state index contributed by atoms with van der Waals surface area (Å²) in [6, 6.07) is 5.78. The van der Waals surface area contributed by atoms with Gasteiger partial charge < -0.3 is 24.2 Å². The van der Waals surface area contributed by atoms with Crippen LogP contribution in [0.1, 0.15) is 31.7 Å². The van der Waals surface area contributed by atoms with Crippen LogP contribution in [-0.2, 0) is 30.3 Å². The number of piperidine rings is 1. The average Bonchev–Trinajstić information content (AvgIpc) is 3.46. The highest BCUT2D eigenvalue weighted by Gasteiger charge is 2.43. The molecule has 0 aliphatic carbocycles. The van der Waals surface area contributed by atoms with E-state index in [2.05, 4.69) is 0 Å². The Morgan fingerprint density at radius 2 is 1.83 bits per heavy atom. The summed E-state index contributed by atoms with van der Waals surface area (Å²) in [4.78, 5) is 42.8. The number of likely N-dealkylation sites (tertiary alicyclic amines) is 1. The van der Waals surface area contributed by atoms with E-state index >= 15 is 0 Å². The zero-order valence-corrected chi connectivity index (χ0v) is 17.3. The van der Waals surface area contributed by atoms with Gasteiger partial charge in [-0.2, -0.15) is 0 Å². The Bertz CT molecular complexity index is 885. The molecule has 160 valence electrons. The third-order valence-corrected chi connectivity index (χ3v) is 6.78. The van der Waals surface area contributed by atoms with Crippen LogP contribution in [0.5, 0.6) is 0 Å². The van der Waals surface area contributed by atoms with Gasteiger partial charge in [-0.3, -0.25) is 14.4 Å². The van der Waals surface area contributed by atoms with E-state index in [1.807, 2.05) is 23.1 Å². The molecule has 1 spiro atoms. The van der Waals surface area contributed by atoms with E-state index in [1.165, 1.54) is 0 Å². The number of rotatable bonds is 2. The van der Waals surface area contributed by atoms with Gasteiger partial charge in [0.1, 0.15) is 0 Å². The first kappa shape index (κ1) is 19.5. The van der Waals surface area contributed by atoms with Gasteiger partial charge in [-0.1, -0.05) is 0 Å². The normalized spacial score (nSPS) is 25.3. The minimum atomic E-state index is -0.507. The van der Waals surface area contributed by atoms with Gasteiger partial charge in [0.25, 0.3) is 0 Å². The van der Waals surface area contributed by atoms with E-state index in [4.69, 9.17) is 9.47 Å². The summed E-state index contributed by atoms with van der Waals surface area (Å²) in [7, 11) is 0. The van der Waals surface area contributed by atoms with Gasteiger partial charge in [-0.05, 0) is 30.2 Å². The minimum absolute atomic E-state index is 0.0225. The van der Waals surface area contributed by atoms with Crippen LogP contribution in [0.25, 0.3) is 0 Å². The number of hydrogen-bond donors (Lipinski definition) is 0. The van der Waals surface area contributed by atoms with Gasteiger partial charge in [-0.15, -0.1) is 0 Å². The van der Waals surface area contributed by atoms with Crippen LogP contribution in [-0.4, -0.2) is 67.8 Å². The number of nitrogens with zero attached hydrogens (tertiary/aromatic N) is 3. The zero-order valence-electron chi connectivity index (χ0n) is 17.3. The summed E-state index contributed by atoms with van der Waals surface area (Å²) in [6.07, 6.45) is 2.39. The summed E-state index contributed by atoms with van der Waals surface area (Å²) in [5.74, 6) is -0.778. The Balaban J connectivity index is 1.25. The first-order valence-electron chi connectivity index (χ1n) is 10.7. The molecule has 5 rings (SSSR count). The quantitative estimate of drug-likeness (QED) is 0.731. The first-order chi connectivity index (χ1) is 14.5. The van der Waals surface area contributed by atoms with E-state index in [0.29, 0.717) is 52.2 Å². The van der Waals surface area contributed by atoms with Crippen molar-refractivity contribution in [1.29, 1.82) is 0 Å². The van der Waals surface area contributed by atoms with E-state index in [9.17, 15) is 14.4 Å². The molecule has 0 saturated carbocycles. The average molecular weight is 413 g/mol. The molecule has 8 nitrogen and oxygen atoms in total. The standard InChI is InChI=1S/C22H27N3O5/c1-15(26)24-7-4-16-12-18(2-3-19(16)24)25-14-17(13-20(25)27)21(28)23-8-5-22(6-9-23)29-10-11-30-22/h2-3,12,17H,4-11,13-14H2,1H3/t17-/m0/s1. The monoisotopic (exact) mass is 413 g/mol. The van der Waals surface area contributed by atoms with Crippen LogP contribution < -0.4 is 9.80 Å². The van der Waals surface area contributed by atoms with Crippen LogP contribution in [0.4, 0.5) is 11.4 Å². The predicted octanol–water partition coefficient (Wildman–Crippen LogP) is 1.31. The molecule has 0 aromatic heterocycles. The van der Waals surface area contributed by atoms with Crippen molar-refractivity contribution in [1.82, 2.24) is 4.90 Å². The Kier molecular flexibility index (Phi) is 4.78. The maximum atomic E-state index is 13.1. The lowest BCUT2D eigenvalue weighted by atomic mass is 10.0. The van der Waals surface area contributed by atoms with Gasteiger partial charge >= 0.3 is 0 Å². The predicted molar refractivity (Wildman–Crippen MR) is 109 cm³/mol. The fraction of sp³-hybridized carbons (Fsp3) is 0.591. The maximum Gasteiger partial charge on any atom is 0.228 e. The maximum absolute atomic E-state index is 13.1. The molecule has 3 amide bonds. The molecule has 1 atom stereocenters. The third-order valence-electron chi connectivity index (χ3n) is 6.78. The van der Waals surface area contributed by atoms with Crippen LogP contribution in [0.15, 0.2) is 18.2 Å². The van der Waals surface area contributed by atoms with Gasteiger partial charge in [0.05, 0.1) is 19.1 Å². The van der Waals surface area contributed by atoms with E-state index in [0.717, 1.165) is 23.4 Å². The van der Waals surface area contributed by atoms with Crippen LogP contribution in [0.3, 0.4) is 0 Å². The highest BCUT2D eigenvalue weighted by Crippen LogP contribution is 2.35. The Morgan fingerprint density at radius 1 is 1.10 bits per heavy atom. The van der Waals surface area contributed by atoms with Crippen molar-refractivity contribution in [3.63, 3.8) is 0 Å². The Labute approximate surface area is 175 Å². The second-order valence-electron chi connectivity index (χ2n) is 8.57. The second-order valence-corrected chi connectivity index (χ2v) is 8.57. The van der Waals surface area contributed by atoms with Crippen molar-refractivity contribution >= 4 is 29.1 Å². The molecular weight excluding hydrogens is 386 g/mol. The van der Waals surface area contributed by atoms with E-state index < -0.39 is 5.79 Å². The molecule has 8 heteroatoms. The number of carbonyl (C=O) groups excluding carboxylic acids is 3. The van der Waals surface area contributed by atoms with Gasteiger partial charge in [0, 0.05) is 63.7 Å². The lowest BCUT2D eigenvalue weighted by molar-refractivity contribution is -0.188. The lowest BCUT2D eigenvalue weighted by Crippen LogP contribution is -2.49. The molecule has 1 aromatic carbocycles. The highest BCUT2D eigenvalue weighted by molar-refractivity contribution is 6.01. The second kappa shape index (κ2) is 7.35. The van der Waals surface area contributed by atoms with Crippen molar-refractivity contribution in [3.8, 4) is 0 Å². The molecule has 4 heterocycles. The first-order valence-corrected chi connectivity index (χ1v) is 10.7. The largest absolute Gasteiger partial charge is 0.347 e. The highest BCUT2D eigenvalue weighted by atomic mass is 16.7. The van der Waals surface area contributed by atoms with Gasteiger partial charge in [0.15, 0.2) is 5.79 Å². The minimum Gasteiger partial charge on any atom is -0.347 e. The smallest absolute Gasteiger partial charge is 0.228 e.